The number of amides is 2. The number of rotatable bonds is 2. The first-order chi connectivity index (χ1) is 12.2. The van der Waals surface area contributed by atoms with Crippen molar-refractivity contribution >= 4 is 17.7 Å². The van der Waals surface area contributed by atoms with E-state index in [0.29, 0.717) is 12.5 Å². The van der Waals surface area contributed by atoms with E-state index in [1.54, 1.807) is 16.8 Å². The Morgan fingerprint density at radius 3 is 2.62 bits per heavy atom. The molecule has 2 fully saturated rings. The van der Waals surface area contributed by atoms with Crippen LogP contribution in [0.15, 0.2) is 24.3 Å². The number of aryl methyl sites for hydroxylation is 1. The van der Waals surface area contributed by atoms with Crippen molar-refractivity contribution in [1.82, 2.24) is 4.90 Å². The summed E-state index contributed by atoms with van der Waals surface area (Å²) in [5.41, 5.74) is 1.40. The molecule has 0 aromatic heterocycles. The lowest BCUT2D eigenvalue weighted by Crippen LogP contribution is -2.50. The first-order valence-electron chi connectivity index (χ1n) is 9.51. The number of ether oxygens (including phenoxy) is 1. The Morgan fingerprint density at radius 1 is 1.23 bits per heavy atom. The van der Waals surface area contributed by atoms with Crippen LogP contribution in [-0.4, -0.2) is 42.1 Å². The molecule has 0 radical (unpaired) electrons. The molecule has 1 heterocycles. The summed E-state index contributed by atoms with van der Waals surface area (Å²) in [5, 5.41) is 0. The van der Waals surface area contributed by atoms with Crippen molar-refractivity contribution in [3.05, 3.63) is 29.8 Å². The second-order valence-corrected chi connectivity index (χ2v) is 8.67. The summed E-state index contributed by atoms with van der Waals surface area (Å²) in [7, 11) is 1.80. The summed E-state index contributed by atoms with van der Waals surface area (Å²) in [5.74, 6) is 0.625. The molecule has 1 aromatic rings. The van der Waals surface area contributed by atoms with Crippen LogP contribution < -0.4 is 4.90 Å². The third kappa shape index (κ3) is 3.71. The van der Waals surface area contributed by atoms with Crippen LogP contribution in [0.25, 0.3) is 0 Å². The molecule has 0 bridgehead atoms. The molecule has 5 heteroatoms. The first kappa shape index (κ1) is 18.7. The highest BCUT2D eigenvalue weighted by molar-refractivity contribution is 5.99. The zero-order valence-corrected chi connectivity index (χ0v) is 16.5. The monoisotopic (exact) mass is 358 g/mol. The average Bonchev–Trinajstić information content (AvgIpc) is 3.12. The second-order valence-electron chi connectivity index (χ2n) is 8.67. The van der Waals surface area contributed by atoms with E-state index in [9.17, 15) is 9.59 Å². The number of fused-ring (bicyclic) bond motifs is 1. The van der Waals surface area contributed by atoms with E-state index in [2.05, 4.69) is 0 Å². The average molecular weight is 358 g/mol. The Hall–Kier alpha value is -2.04. The van der Waals surface area contributed by atoms with Gasteiger partial charge in [-0.05, 0) is 70.1 Å². The number of hydrogen-bond acceptors (Lipinski definition) is 3. The van der Waals surface area contributed by atoms with Gasteiger partial charge in [0.15, 0.2) is 0 Å². The maximum Gasteiger partial charge on any atom is 0.410 e. The van der Waals surface area contributed by atoms with Gasteiger partial charge in [-0.3, -0.25) is 9.69 Å². The molecule has 1 aromatic carbocycles. The molecule has 142 valence electrons. The molecule has 3 rings (SSSR count). The minimum absolute atomic E-state index is 0.0177. The molecule has 2 amide bonds. The highest BCUT2D eigenvalue weighted by atomic mass is 16.6. The molecule has 2 aliphatic rings. The van der Waals surface area contributed by atoms with Crippen molar-refractivity contribution in [2.45, 2.75) is 58.6 Å². The number of benzene rings is 1. The number of anilines is 1. The fourth-order valence-corrected chi connectivity index (χ4v) is 4.29. The Morgan fingerprint density at radius 2 is 1.96 bits per heavy atom. The van der Waals surface area contributed by atoms with Gasteiger partial charge in [0.1, 0.15) is 11.6 Å². The van der Waals surface area contributed by atoms with Crippen LogP contribution in [0.2, 0.25) is 0 Å². The van der Waals surface area contributed by atoms with Gasteiger partial charge >= 0.3 is 6.09 Å². The maximum atomic E-state index is 13.4. The number of nitrogens with zero attached hydrogens (tertiary/aromatic N) is 2. The van der Waals surface area contributed by atoms with Gasteiger partial charge in [0.05, 0.1) is 0 Å². The van der Waals surface area contributed by atoms with Crippen LogP contribution in [0, 0.1) is 18.8 Å². The quantitative estimate of drug-likeness (QED) is 0.803. The maximum absolute atomic E-state index is 13.4. The third-order valence-electron chi connectivity index (χ3n) is 5.49. The molecule has 3 atom stereocenters. The normalized spacial score (nSPS) is 25.1. The van der Waals surface area contributed by atoms with Crippen molar-refractivity contribution in [2.24, 2.45) is 11.8 Å². The largest absolute Gasteiger partial charge is 0.444 e. The third-order valence-corrected chi connectivity index (χ3v) is 5.49. The Labute approximate surface area is 156 Å². The van der Waals surface area contributed by atoms with Crippen molar-refractivity contribution < 1.29 is 14.3 Å². The summed E-state index contributed by atoms with van der Waals surface area (Å²) in [6.45, 7) is 8.21. The van der Waals surface area contributed by atoms with Gasteiger partial charge in [-0.2, -0.15) is 0 Å². The molecule has 0 N–H and O–H groups in total. The minimum Gasteiger partial charge on any atom is -0.444 e. The van der Waals surface area contributed by atoms with Gasteiger partial charge in [0, 0.05) is 19.3 Å². The van der Waals surface area contributed by atoms with Gasteiger partial charge in [-0.15, -0.1) is 0 Å². The molecule has 5 nitrogen and oxygen atoms in total. The number of carbonyl (C=O) groups is 2. The zero-order chi connectivity index (χ0) is 19.1. The second kappa shape index (κ2) is 6.93. The van der Waals surface area contributed by atoms with Gasteiger partial charge < -0.3 is 9.64 Å². The summed E-state index contributed by atoms with van der Waals surface area (Å²) in [4.78, 5) is 29.5. The molecule has 1 aliphatic heterocycles. The fraction of sp³-hybridized carbons (Fsp3) is 0.619. The fourth-order valence-electron chi connectivity index (χ4n) is 4.29. The Kier molecular flexibility index (Phi) is 5.00. The van der Waals surface area contributed by atoms with Crippen molar-refractivity contribution in [3.63, 3.8) is 0 Å². The van der Waals surface area contributed by atoms with E-state index >= 15 is 0 Å². The number of likely N-dealkylation sites (N-methyl/N-ethyl adjacent to an activating group) is 1. The van der Waals surface area contributed by atoms with E-state index in [4.69, 9.17) is 4.74 Å². The zero-order valence-electron chi connectivity index (χ0n) is 16.5. The highest BCUT2D eigenvalue weighted by Crippen LogP contribution is 2.43. The molecular formula is C21H30N2O3. The van der Waals surface area contributed by atoms with E-state index in [0.717, 1.165) is 30.5 Å². The number of carbonyl (C=O) groups excluding carboxylic acids is 2. The van der Waals surface area contributed by atoms with Crippen LogP contribution in [0.4, 0.5) is 10.5 Å². The van der Waals surface area contributed by atoms with E-state index in [-0.39, 0.29) is 17.9 Å². The molecular weight excluding hydrogens is 328 g/mol. The van der Waals surface area contributed by atoms with Gasteiger partial charge in [0.2, 0.25) is 5.91 Å². The minimum atomic E-state index is -0.565. The van der Waals surface area contributed by atoms with Gasteiger partial charge in [0.25, 0.3) is 0 Å². The van der Waals surface area contributed by atoms with Crippen LogP contribution in [0.5, 0.6) is 0 Å². The Balaban J connectivity index is 1.85. The van der Waals surface area contributed by atoms with Crippen LogP contribution in [-0.2, 0) is 9.53 Å². The van der Waals surface area contributed by atoms with Crippen LogP contribution >= 0.6 is 0 Å². The first-order valence-corrected chi connectivity index (χ1v) is 9.51. The Bertz CT molecular complexity index is 695. The molecule has 0 spiro atoms. The standard InChI is InChI=1S/C21H30N2O3/c1-14-8-6-10-16(12-14)22(5)19(24)18-17-11-7-9-15(17)13-23(18)20(25)26-21(2,3)4/h6,8,10,12,15,17-18H,7,9,11,13H2,1-5H3/t15-,17-,18-/m0/s1. The summed E-state index contributed by atoms with van der Waals surface area (Å²) in [6, 6.07) is 7.47. The molecule has 1 aliphatic carbocycles. The number of likely N-dealkylation sites (tertiary alicyclic amines) is 1. The lowest BCUT2D eigenvalue weighted by molar-refractivity contribution is -0.123. The van der Waals surface area contributed by atoms with Crippen molar-refractivity contribution in [1.29, 1.82) is 0 Å². The van der Waals surface area contributed by atoms with Crippen LogP contribution in [0.3, 0.4) is 0 Å². The summed E-state index contributed by atoms with van der Waals surface area (Å²) < 4.78 is 5.59. The van der Waals surface area contributed by atoms with E-state index in [1.165, 1.54) is 0 Å². The molecule has 1 saturated carbocycles. The van der Waals surface area contributed by atoms with Crippen molar-refractivity contribution in [3.8, 4) is 0 Å². The SMILES string of the molecule is Cc1cccc(N(C)C(=O)[C@@H]2[C@H]3CCC[C@H]3CN2C(=O)OC(C)(C)C)c1. The van der Waals surface area contributed by atoms with Crippen LogP contribution in [0.1, 0.15) is 45.6 Å². The number of hydrogen-bond donors (Lipinski definition) is 0. The lowest BCUT2D eigenvalue weighted by Gasteiger charge is -2.32. The smallest absolute Gasteiger partial charge is 0.410 e. The summed E-state index contributed by atoms with van der Waals surface area (Å²) in [6.07, 6.45) is 2.85. The van der Waals surface area contributed by atoms with E-state index < -0.39 is 11.6 Å². The van der Waals surface area contributed by atoms with Gasteiger partial charge in [-0.1, -0.05) is 18.6 Å². The topological polar surface area (TPSA) is 49.9 Å². The predicted molar refractivity (Wildman–Crippen MR) is 102 cm³/mol. The summed E-state index contributed by atoms with van der Waals surface area (Å²) >= 11 is 0. The molecule has 26 heavy (non-hydrogen) atoms. The lowest BCUT2D eigenvalue weighted by atomic mass is 9.93. The highest BCUT2D eigenvalue weighted by Gasteiger charge is 2.51. The van der Waals surface area contributed by atoms with Crippen molar-refractivity contribution in [2.75, 3.05) is 18.5 Å². The van der Waals surface area contributed by atoms with E-state index in [1.807, 2.05) is 52.0 Å². The predicted octanol–water partition coefficient (Wildman–Crippen LogP) is 3.99. The van der Waals surface area contributed by atoms with Gasteiger partial charge in [-0.25, -0.2) is 4.79 Å². The molecule has 0 unspecified atom stereocenters. The molecule has 1 saturated heterocycles.